The molecule has 0 saturated heterocycles. The van der Waals surface area contributed by atoms with Gasteiger partial charge in [0, 0.05) is 27.5 Å². The largest absolute Gasteiger partial charge is 0.309 e. The van der Waals surface area contributed by atoms with Crippen LogP contribution < -0.4 is 0 Å². The lowest BCUT2D eigenvalue weighted by Gasteiger charge is -2.42. The normalized spacial score (nSPS) is 13.0. The van der Waals surface area contributed by atoms with Gasteiger partial charge in [0.15, 0.2) is 17.5 Å². The van der Waals surface area contributed by atoms with Gasteiger partial charge in [-0.2, -0.15) is 0 Å². The maximum atomic E-state index is 5.16. The van der Waals surface area contributed by atoms with Crippen LogP contribution in [0.3, 0.4) is 0 Å². The van der Waals surface area contributed by atoms with Crippen molar-refractivity contribution < 1.29 is 0 Å². The Morgan fingerprint density at radius 1 is 0.423 bits per heavy atom. The van der Waals surface area contributed by atoms with Crippen molar-refractivity contribution in [3.05, 3.63) is 203 Å². The molecule has 10 rings (SSSR count). The fourth-order valence-corrected chi connectivity index (χ4v) is 8.22. The highest BCUT2D eigenvalue weighted by Crippen LogP contribution is 2.54. The zero-order valence-corrected chi connectivity index (χ0v) is 29.0. The molecule has 0 aliphatic carbocycles. The van der Waals surface area contributed by atoms with Crippen LogP contribution in [0.1, 0.15) is 33.4 Å². The van der Waals surface area contributed by atoms with Gasteiger partial charge in [0.25, 0.3) is 0 Å². The second kappa shape index (κ2) is 11.7. The molecule has 0 spiro atoms. The maximum Gasteiger partial charge on any atom is 0.164 e. The van der Waals surface area contributed by atoms with E-state index in [9.17, 15) is 0 Å². The Morgan fingerprint density at radius 2 is 0.942 bits per heavy atom. The Bertz CT molecular complexity index is 2680. The molecule has 246 valence electrons. The van der Waals surface area contributed by atoms with E-state index in [4.69, 9.17) is 15.0 Å². The van der Waals surface area contributed by atoms with Crippen LogP contribution >= 0.6 is 0 Å². The third-order valence-corrected chi connectivity index (χ3v) is 10.7. The fraction of sp³-hybridized carbons (Fsp3) is 0.0625. The molecular formula is C48H34N4. The van der Waals surface area contributed by atoms with Crippen molar-refractivity contribution in [1.82, 2.24) is 19.5 Å². The second-order valence-electron chi connectivity index (χ2n) is 13.8. The Hall–Kier alpha value is -6.65. The molecule has 0 bridgehead atoms. The summed E-state index contributed by atoms with van der Waals surface area (Å²) in [5.41, 5.74) is 13.1. The van der Waals surface area contributed by atoms with E-state index >= 15 is 0 Å². The van der Waals surface area contributed by atoms with Crippen LogP contribution in [-0.4, -0.2) is 19.5 Å². The standard InChI is InChI=1S/C48H34N4/c1-31-20-25-36(26-21-31)48(37-27-22-32(2)23-28-37)40-18-11-17-39-38-16-9-10-19-42(38)52(44(39)40)43-29-24-35(30-41(43)48)47-50-45(33-12-5-3-6-13-33)49-46(51-47)34-14-7-4-8-15-34/h3-30H,1-2H3. The summed E-state index contributed by atoms with van der Waals surface area (Å²) in [7, 11) is 0. The van der Waals surface area contributed by atoms with E-state index in [2.05, 4.69) is 152 Å². The summed E-state index contributed by atoms with van der Waals surface area (Å²) in [5, 5.41) is 2.50. The summed E-state index contributed by atoms with van der Waals surface area (Å²) < 4.78 is 2.47. The molecule has 0 N–H and O–H groups in total. The Labute approximate surface area is 302 Å². The number of para-hydroxylation sites is 2. The molecule has 0 fully saturated rings. The highest BCUT2D eigenvalue weighted by molar-refractivity contribution is 6.12. The molecule has 1 aliphatic rings. The third-order valence-electron chi connectivity index (χ3n) is 10.7. The molecule has 2 aromatic heterocycles. The molecule has 0 saturated carbocycles. The van der Waals surface area contributed by atoms with Gasteiger partial charge in [0.2, 0.25) is 0 Å². The van der Waals surface area contributed by atoms with Crippen molar-refractivity contribution in [2.75, 3.05) is 0 Å². The van der Waals surface area contributed by atoms with Crippen molar-refractivity contribution in [3.8, 4) is 39.9 Å². The topological polar surface area (TPSA) is 43.6 Å². The van der Waals surface area contributed by atoms with E-state index in [0.717, 1.165) is 22.4 Å². The highest BCUT2D eigenvalue weighted by Gasteiger charge is 2.45. The monoisotopic (exact) mass is 666 g/mol. The van der Waals surface area contributed by atoms with Crippen LogP contribution in [0.2, 0.25) is 0 Å². The number of aromatic nitrogens is 4. The quantitative estimate of drug-likeness (QED) is 0.184. The Morgan fingerprint density at radius 3 is 1.54 bits per heavy atom. The smallest absolute Gasteiger partial charge is 0.164 e. The lowest BCUT2D eigenvalue weighted by Crippen LogP contribution is -2.35. The van der Waals surface area contributed by atoms with Gasteiger partial charge in [-0.05, 0) is 60.4 Å². The minimum absolute atomic E-state index is 0.631. The number of hydrogen-bond donors (Lipinski definition) is 0. The number of benzene rings is 7. The van der Waals surface area contributed by atoms with Crippen LogP contribution in [-0.2, 0) is 5.41 Å². The van der Waals surface area contributed by atoms with E-state index in [0.29, 0.717) is 17.5 Å². The van der Waals surface area contributed by atoms with E-state index < -0.39 is 5.41 Å². The molecule has 1 aliphatic heterocycles. The SMILES string of the molecule is Cc1ccc(C2(c3ccc(C)cc3)c3cc(-c4nc(-c5ccccc5)nc(-c5ccccc5)n4)ccc3-n3c4ccccc4c4cccc2c43)cc1. The van der Waals surface area contributed by atoms with Crippen LogP contribution in [0.4, 0.5) is 0 Å². The van der Waals surface area contributed by atoms with E-state index in [-0.39, 0.29) is 0 Å². The number of fused-ring (bicyclic) bond motifs is 5. The summed E-state index contributed by atoms with van der Waals surface area (Å²) >= 11 is 0. The van der Waals surface area contributed by atoms with Gasteiger partial charge in [-0.15, -0.1) is 0 Å². The van der Waals surface area contributed by atoms with Gasteiger partial charge in [-0.3, -0.25) is 0 Å². The zero-order chi connectivity index (χ0) is 34.8. The average molecular weight is 667 g/mol. The molecule has 52 heavy (non-hydrogen) atoms. The predicted molar refractivity (Wildman–Crippen MR) is 212 cm³/mol. The van der Waals surface area contributed by atoms with Gasteiger partial charge in [-0.25, -0.2) is 15.0 Å². The maximum absolute atomic E-state index is 5.16. The van der Waals surface area contributed by atoms with Crippen molar-refractivity contribution in [2.45, 2.75) is 19.3 Å². The first-order chi connectivity index (χ1) is 25.6. The lowest BCUT2D eigenvalue weighted by molar-refractivity contribution is 0.727. The summed E-state index contributed by atoms with van der Waals surface area (Å²) in [6.07, 6.45) is 0. The van der Waals surface area contributed by atoms with Crippen LogP contribution in [0, 0.1) is 13.8 Å². The van der Waals surface area contributed by atoms with Crippen LogP contribution in [0.25, 0.3) is 61.7 Å². The number of hydrogen-bond acceptors (Lipinski definition) is 3. The number of nitrogens with zero attached hydrogens (tertiary/aromatic N) is 4. The molecule has 4 nitrogen and oxygen atoms in total. The van der Waals surface area contributed by atoms with Gasteiger partial charge in [0.1, 0.15) is 0 Å². The van der Waals surface area contributed by atoms with Crippen molar-refractivity contribution in [1.29, 1.82) is 0 Å². The minimum atomic E-state index is -0.631. The molecule has 4 heteroatoms. The number of rotatable bonds is 5. The first-order valence-electron chi connectivity index (χ1n) is 17.8. The average Bonchev–Trinajstić information content (AvgIpc) is 3.55. The molecule has 9 aromatic rings. The molecule has 0 unspecified atom stereocenters. The van der Waals surface area contributed by atoms with E-state index in [1.807, 2.05) is 36.4 Å². The summed E-state index contributed by atoms with van der Waals surface area (Å²) in [6, 6.07) is 61.0. The first kappa shape index (κ1) is 30.2. The van der Waals surface area contributed by atoms with E-state index in [1.54, 1.807) is 0 Å². The van der Waals surface area contributed by atoms with Gasteiger partial charge < -0.3 is 4.57 Å². The molecule has 3 heterocycles. The Balaban J connectivity index is 1.33. The van der Waals surface area contributed by atoms with Gasteiger partial charge in [-0.1, -0.05) is 157 Å². The highest BCUT2D eigenvalue weighted by atomic mass is 15.0. The predicted octanol–water partition coefficient (Wildman–Crippen LogP) is 11.3. The summed E-state index contributed by atoms with van der Waals surface area (Å²) in [6.45, 7) is 4.31. The number of aryl methyl sites for hydroxylation is 2. The Kier molecular flexibility index (Phi) is 6.80. The molecule has 7 aromatic carbocycles. The molecule has 0 radical (unpaired) electrons. The van der Waals surface area contributed by atoms with E-state index in [1.165, 1.54) is 55.2 Å². The van der Waals surface area contributed by atoms with Crippen LogP contribution in [0.5, 0.6) is 0 Å². The first-order valence-corrected chi connectivity index (χ1v) is 17.8. The lowest BCUT2D eigenvalue weighted by atomic mass is 9.62. The van der Waals surface area contributed by atoms with Crippen molar-refractivity contribution >= 4 is 21.8 Å². The molecule has 0 atom stereocenters. The minimum Gasteiger partial charge on any atom is -0.309 e. The fourth-order valence-electron chi connectivity index (χ4n) is 8.22. The third kappa shape index (κ3) is 4.51. The van der Waals surface area contributed by atoms with Crippen LogP contribution in [0.15, 0.2) is 170 Å². The summed E-state index contributed by atoms with van der Waals surface area (Å²) in [4.78, 5) is 15.3. The van der Waals surface area contributed by atoms with Crippen molar-refractivity contribution in [2.24, 2.45) is 0 Å². The molecular weight excluding hydrogens is 633 g/mol. The van der Waals surface area contributed by atoms with Gasteiger partial charge >= 0.3 is 0 Å². The summed E-state index contributed by atoms with van der Waals surface area (Å²) in [5.74, 6) is 1.93. The second-order valence-corrected chi connectivity index (χ2v) is 13.8. The van der Waals surface area contributed by atoms with Gasteiger partial charge in [0.05, 0.1) is 22.1 Å². The zero-order valence-electron chi connectivity index (χ0n) is 29.0. The van der Waals surface area contributed by atoms with Crippen molar-refractivity contribution in [3.63, 3.8) is 0 Å². The molecule has 0 amide bonds.